The predicted molar refractivity (Wildman–Crippen MR) is 41.1 cm³/mol. The van der Waals surface area contributed by atoms with Crippen LogP contribution in [0.25, 0.3) is 0 Å². The van der Waals surface area contributed by atoms with Gasteiger partial charge in [0.15, 0.2) is 0 Å². The monoisotopic (exact) mass is 167 g/mol. The first-order valence-electron chi connectivity index (χ1n) is 3.66. The van der Waals surface area contributed by atoms with Crippen molar-refractivity contribution in [2.75, 3.05) is 6.54 Å². The molecule has 0 saturated heterocycles. The molecule has 0 spiro atoms. The minimum atomic E-state index is -1.62. The highest BCUT2D eigenvalue weighted by atomic mass is 19.3. The fourth-order valence-corrected chi connectivity index (χ4v) is 1.15. The zero-order chi connectivity index (χ0) is 8.55. The SMILES string of the molecule is F[C-](F)[N+]1=C(c2ccccc2)C1. The van der Waals surface area contributed by atoms with Crippen LogP contribution in [-0.4, -0.2) is 16.8 Å². The summed E-state index contributed by atoms with van der Waals surface area (Å²) >= 11 is 0. The van der Waals surface area contributed by atoms with Gasteiger partial charge >= 0.3 is 6.55 Å². The van der Waals surface area contributed by atoms with E-state index in [0.717, 1.165) is 10.1 Å². The Labute approximate surface area is 69.0 Å². The van der Waals surface area contributed by atoms with Crippen LogP contribution in [0.4, 0.5) is 8.78 Å². The molecule has 0 amide bonds. The van der Waals surface area contributed by atoms with Gasteiger partial charge in [0.1, 0.15) is 12.3 Å². The minimum Gasteiger partial charge on any atom is -0.303 e. The van der Waals surface area contributed by atoms with Gasteiger partial charge in [-0.2, -0.15) is 0 Å². The Kier molecular flexibility index (Phi) is 1.57. The summed E-state index contributed by atoms with van der Waals surface area (Å²) < 4.78 is 25.0. The molecule has 0 atom stereocenters. The van der Waals surface area contributed by atoms with Crippen molar-refractivity contribution in [1.29, 1.82) is 0 Å². The molecule has 1 heterocycles. The summed E-state index contributed by atoms with van der Waals surface area (Å²) in [6, 6.07) is 9.22. The van der Waals surface area contributed by atoms with Gasteiger partial charge in [0.25, 0.3) is 0 Å². The van der Waals surface area contributed by atoms with Crippen LogP contribution in [-0.2, 0) is 0 Å². The maximum atomic E-state index is 12.0. The van der Waals surface area contributed by atoms with Crippen LogP contribution in [0, 0.1) is 6.55 Å². The van der Waals surface area contributed by atoms with Gasteiger partial charge < -0.3 is 4.58 Å². The summed E-state index contributed by atoms with van der Waals surface area (Å²) in [4.78, 5) is 0. The van der Waals surface area contributed by atoms with Gasteiger partial charge in [-0.1, -0.05) is 30.3 Å². The topological polar surface area (TPSA) is 3.01 Å². The molecule has 0 aliphatic carbocycles. The van der Waals surface area contributed by atoms with E-state index >= 15 is 0 Å². The van der Waals surface area contributed by atoms with Crippen LogP contribution in [0.2, 0.25) is 0 Å². The van der Waals surface area contributed by atoms with E-state index in [9.17, 15) is 8.78 Å². The number of hydrogen-bond acceptors (Lipinski definition) is 0. The van der Waals surface area contributed by atoms with Crippen molar-refractivity contribution in [2.24, 2.45) is 0 Å². The highest BCUT2D eigenvalue weighted by Crippen LogP contribution is 2.19. The molecule has 0 fully saturated rings. The highest BCUT2D eigenvalue weighted by Gasteiger charge is 2.29. The third-order valence-electron chi connectivity index (χ3n) is 1.84. The normalized spacial score (nSPS) is 14.8. The van der Waals surface area contributed by atoms with Gasteiger partial charge in [-0.3, -0.25) is 0 Å². The lowest BCUT2D eigenvalue weighted by Gasteiger charge is -1.90. The Morgan fingerprint density at radius 2 is 1.83 bits per heavy atom. The standard InChI is InChI=1S/C9H7F2N/c10-9(11)12-6-8(12)7-4-2-1-3-5-7/h1-5H,6H2. The van der Waals surface area contributed by atoms with Gasteiger partial charge in [-0.15, -0.1) is 0 Å². The van der Waals surface area contributed by atoms with Crippen molar-refractivity contribution in [3.8, 4) is 0 Å². The second kappa shape index (κ2) is 2.59. The van der Waals surface area contributed by atoms with Crippen LogP contribution in [0.1, 0.15) is 5.56 Å². The van der Waals surface area contributed by atoms with Crippen molar-refractivity contribution >= 4 is 5.71 Å². The lowest BCUT2D eigenvalue weighted by atomic mass is 10.2. The zero-order valence-corrected chi connectivity index (χ0v) is 6.30. The lowest BCUT2D eigenvalue weighted by Crippen LogP contribution is -1.90. The summed E-state index contributed by atoms with van der Waals surface area (Å²) in [5, 5.41) is 0. The van der Waals surface area contributed by atoms with Gasteiger partial charge in [-0.05, 0) is 5.56 Å². The molecule has 0 N–H and O–H groups in total. The molecule has 1 nitrogen and oxygen atoms in total. The molecule has 0 aromatic heterocycles. The fourth-order valence-electron chi connectivity index (χ4n) is 1.15. The first kappa shape index (κ1) is 7.28. The van der Waals surface area contributed by atoms with Crippen molar-refractivity contribution in [2.45, 2.75) is 0 Å². The van der Waals surface area contributed by atoms with Crippen LogP contribution in [0.3, 0.4) is 0 Å². The molecule has 12 heavy (non-hydrogen) atoms. The maximum Gasteiger partial charge on any atom is 0.367 e. The molecule has 0 saturated carbocycles. The smallest absolute Gasteiger partial charge is 0.303 e. The van der Waals surface area contributed by atoms with Crippen LogP contribution < -0.4 is 0 Å². The Morgan fingerprint density at radius 3 is 2.33 bits per heavy atom. The number of nitrogens with zero attached hydrogens (tertiary/aromatic N) is 1. The number of hydrogen-bond donors (Lipinski definition) is 0. The second-order valence-electron chi connectivity index (χ2n) is 2.64. The third kappa shape index (κ3) is 1.18. The average Bonchev–Trinajstić information content (AvgIpc) is 2.84. The first-order valence-corrected chi connectivity index (χ1v) is 3.66. The quantitative estimate of drug-likeness (QED) is 0.359. The molecular formula is C9H7F2N. The molecule has 2 rings (SSSR count). The van der Waals surface area contributed by atoms with Crippen molar-refractivity contribution in [1.82, 2.24) is 0 Å². The van der Waals surface area contributed by atoms with E-state index in [4.69, 9.17) is 0 Å². The van der Waals surface area contributed by atoms with Gasteiger partial charge in [-0.25, -0.2) is 8.78 Å². The van der Waals surface area contributed by atoms with E-state index in [1.54, 1.807) is 0 Å². The number of rotatable bonds is 2. The van der Waals surface area contributed by atoms with E-state index in [1.807, 2.05) is 30.3 Å². The van der Waals surface area contributed by atoms with E-state index in [0.29, 0.717) is 12.3 Å². The number of halogens is 2. The summed E-state index contributed by atoms with van der Waals surface area (Å²) in [5.41, 5.74) is 1.58. The van der Waals surface area contributed by atoms with E-state index in [2.05, 4.69) is 0 Å². The van der Waals surface area contributed by atoms with Gasteiger partial charge in [0, 0.05) is 0 Å². The Bertz CT molecular complexity index is 317. The Morgan fingerprint density at radius 1 is 1.17 bits per heavy atom. The van der Waals surface area contributed by atoms with Crippen LogP contribution >= 0.6 is 0 Å². The molecule has 0 bridgehead atoms. The lowest BCUT2D eigenvalue weighted by molar-refractivity contribution is -0.484. The summed E-state index contributed by atoms with van der Waals surface area (Å²) in [6.07, 6.45) is 0. The van der Waals surface area contributed by atoms with Gasteiger partial charge in [0.05, 0.1) is 0 Å². The molecule has 1 aromatic carbocycles. The molecule has 1 aliphatic heterocycles. The number of benzene rings is 1. The van der Waals surface area contributed by atoms with Crippen LogP contribution in [0.15, 0.2) is 30.3 Å². The molecule has 0 radical (unpaired) electrons. The van der Waals surface area contributed by atoms with Gasteiger partial charge in [0.2, 0.25) is 0 Å². The van der Waals surface area contributed by atoms with Crippen LogP contribution in [0.5, 0.6) is 0 Å². The molecule has 3 heteroatoms. The largest absolute Gasteiger partial charge is 0.367 e. The Hall–Kier alpha value is -1.38. The summed E-state index contributed by atoms with van der Waals surface area (Å²) in [6.45, 7) is -1.25. The predicted octanol–water partition coefficient (Wildman–Crippen LogP) is 1.89. The molecule has 0 unspecified atom stereocenters. The maximum absolute atomic E-state index is 12.0. The van der Waals surface area contributed by atoms with Crippen molar-refractivity contribution in [3.05, 3.63) is 42.4 Å². The van der Waals surface area contributed by atoms with Crippen molar-refractivity contribution in [3.63, 3.8) is 0 Å². The first-order chi connectivity index (χ1) is 5.79. The third-order valence-corrected chi connectivity index (χ3v) is 1.84. The molecule has 1 aliphatic rings. The van der Waals surface area contributed by atoms with E-state index < -0.39 is 6.55 Å². The van der Waals surface area contributed by atoms with Crippen molar-refractivity contribution < 1.29 is 13.4 Å². The van der Waals surface area contributed by atoms with E-state index in [-0.39, 0.29) is 0 Å². The summed E-state index contributed by atoms with van der Waals surface area (Å²) in [7, 11) is 0. The minimum absolute atomic E-state index is 0.367. The second-order valence-corrected chi connectivity index (χ2v) is 2.64. The summed E-state index contributed by atoms with van der Waals surface area (Å²) in [5.74, 6) is 0. The Balaban J connectivity index is 2.25. The average molecular weight is 167 g/mol. The fraction of sp³-hybridized carbons (Fsp3) is 0.111. The molecule has 62 valence electrons. The van der Waals surface area contributed by atoms with E-state index in [1.165, 1.54) is 0 Å². The molecular weight excluding hydrogens is 160 g/mol. The highest BCUT2D eigenvalue weighted by molar-refractivity contribution is 6.03. The molecule has 1 aromatic rings. The zero-order valence-electron chi connectivity index (χ0n) is 6.30.